The Morgan fingerprint density at radius 2 is 2.04 bits per heavy atom. The lowest BCUT2D eigenvalue weighted by atomic mass is 10.1. The molecule has 0 fully saturated rings. The van der Waals surface area contributed by atoms with E-state index in [9.17, 15) is 5.11 Å². The molecule has 1 aliphatic heterocycles. The molecule has 3 aromatic rings. The van der Waals surface area contributed by atoms with Crippen LogP contribution in [0.1, 0.15) is 16.7 Å². The summed E-state index contributed by atoms with van der Waals surface area (Å²) in [7, 11) is 0. The van der Waals surface area contributed by atoms with E-state index in [1.54, 1.807) is 6.21 Å². The normalized spacial score (nSPS) is 13.3. The number of rotatable bonds is 3. The molecule has 0 spiro atoms. The molecule has 1 aromatic heterocycles. The van der Waals surface area contributed by atoms with Crippen molar-refractivity contribution >= 4 is 17.1 Å². The third-order valence-electron chi connectivity index (χ3n) is 3.90. The molecule has 0 unspecified atom stereocenters. The van der Waals surface area contributed by atoms with E-state index in [2.05, 4.69) is 9.98 Å². The number of benzene rings is 2. The summed E-state index contributed by atoms with van der Waals surface area (Å²) in [6, 6.07) is 11.8. The van der Waals surface area contributed by atoms with Gasteiger partial charge >= 0.3 is 0 Å². The predicted octanol–water partition coefficient (Wildman–Crippen LogP) is 3.53. The average molecular weight is 308 g/mol. The molecular formula is C18H16N2O3. The Kier molecular flexibility index (Phi) is 3.19. The van der Waals surface area contributed by atoms with Crippen molar-refractivity contribution in [2.45, 2.75) is 13.5 Å². The molecular weight excluding hydrogens is 292 g/mol. The van der Waals surface area contributed by atoms with Gasteiger partial charge in [0.1, 0.15) is 0 Å². The Morgan fingerprint density at radius 3 is 2.96 bits per heavy atom. The summed E-state index contributed by atoms with van der Waals surface area (Å²) in [6.45, 7) is 2.80. The molecule has 0 saturated heterocycles. The lowest BCUT2D eigenvalue weighted by Crippen LogP contribution is -1.92. The number of aromatic amines is 1. The molecule has 2 heterocycles. The van der Waals surface area contributed by atoms with Crippen molar-refractivity contribution in [2.24, 2.45) is 4.99 Å². The van der Waals surface area contributed by atoms with E-state index < -0.39 is 0 Å². The second-order valence-electron chi connectivity index (χ2n) is 5.59. The molecule has 2 aromatic carbocycles. The van der Waals surface area contributed by atoms with Crippen LogP contribution < -0.4 is 9.47 Å². The van der Waals surface area contributed by atoms with Gasteiger partial charge in [-0.25, -0.2) is 0 Å². The maximum Gasteiger partial charge on any atom is 0.231 e. The molecule has 0 amide bonds. The first-order chi connectivity index (χ1) is 11.2. The number of fused-ring (bicyclic) bond motifs is 2. The lowest BCUT2D eigenvalue weighted by molar-refractivity contribution is 0.174. The minimum absolute atomic E-state index is 0.139. The molecule has 5 nitrogen and oxygen atoms in total. The molecule has 1 aliphatic rings. The number of nitrogens with zero attached hydrogens (tertiary/aromatic N) is 1. The van der Waals surface area contributed by atoms with Gasteiger partial charge in [0.05, 0.1) is 12.1 Å². The van der Waals surface area contributed by atoms with Crippen LogP contribution in [0.25, 0.3) is 10.9 Å². The van der Waals surface area contributed by atoms with Crippen LogP contribution in [0.5, 0.6) is 17.4 Å². The van der Waals surface area contributed by atoms with Crippen molar-refractivity contribution in [3.05, 3.63) is 53.1 Å². The van der Waals surface area contributed by atoms with Gasteiger partial charge in [-0.15, -0.1) is 0 Å². The lowest BCUT2D eigenvalue weighted by Gasteiger charge is -1.99. The highest BCUT2D eigenvalue weighted by Gasteiger charge is 2.13. The van der Waals surface area contributed by atoms with Crippen LogP contribution >= 0.6 is 0 Å². The summed E-state index contributed by atoms with van der Waals surface area (Å²) in [6.07, 6.45) is 1.71. The van der Waals surface area contributed by atoms with Crippen molar-refractivity contribution in [3.8, 4) is 17.4 Å². The Labute approximate surface area is 133 Å². The number of aromatic nitrogens is 1. The zero-order valence-corrected chi connectivity index (χ0v) is 12.7. The smallest absolute Gasteiger partial charge is 0.231 e. The quantitative estimate of drug-likeness (QED) is 0.727. The van der Waals surface area contributed by atoms with Gasteiger partial charge in [0.15, 0.2) is 17.4 Å². The zero-order valence-electron chi connectivity index (χ0n) is 12.7. The number of H-pyrrole nitrogens is 1. The summed E-state index contributed by atoms with van der Waals surface area (Å²) in [5, 5.41) is 11.0. The van der Waals surface area contributed by atoms with E-state index in [1.165, 1.54) is 0 Å². The van der Waals surface area contributed by atoms with Gasteiger partial charge in [-0.1, -0.05) is 17.7 Å². The number of aliphatic imine (C=N–C) groups is 1. The van der Waals surface area contributed by atoms with Crippen LogP contribution in [-0.4, -0.2) is 23.1 Å². The molecule has 0 saturated carbocycles. The van der Waals surface area contributed by atoms with Gasteiger partial charge in [-0.05, 0) is 36.8 Å². The van der Waals surface area contributed by atoms with E-state index in [0.717, 1.165) is 33.5 Å². The Hall–Kier alpha value is -2.95. The Bertz CT molecular complexity index is 912. The fourth-order valence-electron chi connectivity index (χ4n) is 2.72. The number of hydrogen-bond donors (Lipinski definition) is 2. The monoisotopic (exact) mass is 308 g/mol. The highest BCUT2D eigenvalue weighted by atomic mass is 16.7. The summed E-state index contributed by atoms with van der Waals surface area (Å²) in [5.74, 6) is 1.66. The van der Waals surface area contributed by atoms with Gasteiger partial charge in [-0.3, -0.25) is 4.99 Å². The van der Waals surface area contributed by atoms with Crippen LogP contribution in [0.3, 0.4) is 0 Å². The number of aryl methyl sites for hydroxylation is 1. The maximum absolute atomic E-state index is 10.1. The van der Waals surface area contributed by atoms with Crippen molar-refractivity contribution in [2.75, 3.05) is 6.79 Å². The molecule has 116 valence electrons. The molecule has 0 radical (unpaired) electrons. The molecule has 0 aliphatic carbocycles. The van der Waals surface area contributed by atoms with E-state index in [-0.39, 0.29) is 12.7 Å². The zero-order chi connectivity index (χ0) is 15.8. The van der Waals surface area contributed by atoms with Crippen LogP contribution in [0, 0.1) is 6.92 Å². The van der Waals surface area contributed by atoms with Crippen molar-refractivity contribution in [3.63, 3.8) is 0 Å². The minimum atomic E-state index is 0.139. The van der Waals surface area contributed by atoms with Crippen molar-refractivity contribution in [1.82, 2.24) is 4.98 Å². The minimum Gasteiger partial charge on any atom is -0.494 e. The van der Waals surface area contributed by atoms with Gasteiger partial charge in [0.2, 0.25) is 6.79 Å². The van der Waals surface area contributed by atoms with Gasteiger partial charge in [0, 0.05) is 17.1 Å². The van der Waals surface area contributed by atoms with Crippen LogP contribution in [0.2, 0.25) is 0 Å². The third-order valence-corrected chi connectivity index (χ3v) is 3.90. The van der Waals surface area contributed by atoms with Crippen LogP contribution in [0.4, 0.5) is 0 Å². The topological polar surface area (TPSA) is 66.8 Å². The van der Waals surface area contributed by atoms with Gasteiger partial charge in [-0.2, -0.15) is 0 Å². The Morgan fingerprint density at radius 1 is 1.17 bits per heavy atom. The van der Waals surface area contributed by atoms with Crippen molar-refractivity contribution in [1.29, 1.82) is 0 Å². The largest absolute Gasteiger partial charge is 0.494 e. The molecule has 5 heteroatoms. The highest BCUT2D eigenvalue weighted by molar-refractivity contribution is 6.02. The van der Waals surface area contributed by atoms with E-state index in [0.29, 0.717) is 12.1 Å². The number of ether oxygens (including phenoxy) is 2. The SMILES string of the molecule is Cc1ccc2[nH]c(O)c(C=NCc3ccc4c(c3)OCO4)c2c1. The third kappa shape index (κ3) is 2.50. The predicted molar refractivity (Wildman–Crippen MR) is 88.6 cm³/mol. The van der Waals surface area contributed by atoms with E-state index in [1.807, 2.05) is 43.3 Å². The summed E-state index contributed by atoms with van der Waals surface area (Å²) in [4.78, 5) is 7.41. The van der Waals surface area contributed by atoms with Crippen LogP contribution in [0.15, 0.2) is 41.4 Å². The summed E-state index contributed by atoms with van der Waals surface area (Å²) >= 11 is 0. The molecule has 2 N–H and O–H groups in total. The first-order valence-corrected chi connectivity index (χ1v) is 7.40. The Balaban J connectivity index is 1.59. The first-order valence-electron chi connectivity index (χ1n) is 7.40. The van der Waals surface area contributed by atoms with Crippen LogP contribution in [-0.2, 0) is 6.54 Å². The molecule has 0 atom stereocenters. The second-order valence-corrected chi connectivity index (χ2v) is 5.59. The van der Waals surface area contributed by atoms with E-state index >= 15 is 0 Å². The average Bonchev–Trinajstić information content (AvgIpc) is 3.12. The fourth-order valence-corrected chi connectivity index (χ4v) is 2.72. The van der Waals surface area contributed by atoms with E-state index in [4.69, 9.17) is 9.47 Å². The summed E-state index contributed by atoms with van der Waals surface area (Å²) in [5.41, 5.74) is 3.78. The first kappa shape index (κ1) is 13.7. The fraction of sp³-hybridized carbons (Fsp3) is 0.167. The standard InChI is InChI=1S/C18H16N2O3/c1-11-2-4-15-13(6-11)14(18(21)20-15)9-19-8-12-3-5-16-17(7-12)23-10-22-16/h2-7,9,20-21H,8,10H2,1H3. The second kappa shape index (κ2) is 5.35. The molecule has 23 heavy (non-hydrogen) atoms. The summed E-state index contributed by atoms with van der Waals surface area (Å²) < 4.78 is 10.7. The number of nitrogens with one attached hydrogen (secondary N) is 1. The molecule has 0 bridgehead atoms. The van der Waals surface area contributed by atoms with Gasteiger partial charge < -0.3 is 19.6 Å². The number of hydrogen-bond acceptors (Lipinski definition) is 4. The maximum atomic E-state index is 10.1. The molecule has 4 rings (SSSR count). The number of aromatic hydroxyl groups is 1. The van der Waals surface area contributed by atoms with Gasteiger partial charge in [0.25, 0.3) is 0 Å². The van der Waals surface area contributed by atoms with Crippen molar-refractivity contribution < 1.29 is 14.6 Å². The highest BCUT2D eigenvalue weighted by Crippen LogP contribution is 2.32.